The number of hydrogen-bond acceptors (Lipinski definition) is 0. The van der Waals surface area contributed by atoms with Gasteiger partial charge in [-0.05, 0) is 12.8 Å². The fourth-order valence-electron chi connectivity index (χ4n) is 1.87. The van der Waals surface area contributed by atoms with Crippen LogP contribution >= 0.6 is 0 Å². The number of aromatic nitrogens is 4. The van der Waals surface area contributed by atoms with Crippen LogP contribution in [-0.4, -0.2) is 9.13 Å². The van der Waals surface area contributed by atoms with Gasteiger partial charge in [-0.1, -0.05) is 20.3 Å². The Bertz CT molecular complexity index is 456. The van der Waals surface area contributed by atoms with Gasteiger partial charge in [-0.2, -0.15) is 0 Å². The average Bonchev–Trinajstić information content (AvgIpc) is 2.97. The van der Waals surface area contributed by atoms with Crippen molar-refractivity contribution in [3.05, 3.63) is 37.4 Å². The van der Waals surface area contributed by atoms with E-state index >= 15 is 0 Å². The van der Waals surface area contributed by atoms with Crippen LogP contribution in [0.2, 0.25) is 0 Å². The van der Waals surface area contributed by atoms with E-state index in [4.69, 9.17) is 0 Å². The van der Waals surface area contributed by atoms with Crippen molar-refractivity contribution in [2.75, 3.05) is 0 Å². The Morgan fingerprint density at radius 1 is 0.789 bits per heavy atom. The predicted molar refractivity (Wildman–Crippen MR) is 76.4 cm³/mol. The molecule has 0 aliphatic carbocycles. The summed E-state index contributed by atoms with van der Waals surface area (Å²) in [5.74, 6) is 0. The third kappa shape index (κ3) is 6.22. The van der Waals surface area contributed by atoms with Crippen molar-refractivity contribution in [2.24, 2.45) is 14.1 Å². The van der Waals surface area contributed by atoms with Gasteiger partial charge in [-0.25, -0.2) is 18.3 Å². The molecule has 0 aliphatic rings. The van der Waals surface area contributed by atoms with Crippen molar-refractivity contribution < 1.29 is 9.13 Å². The second-order valence-corrected chi connectivity index (χ2v) is 4.99. The van der Waals surface area contributed by atoms with E-state index in [-0.39, 0.29) is 0 Å². The molecule has 0 spiro atoms. The summed E-state index contributed by atoms with van der Waals surface area (Å²) in [5, 5.41) is 0. The van der Waals surface area contributed by atoms with Gasteiger partial charge in [0.1, 0.15) is 24.8 Å². The van der Waals surface area contributed by atoms with Crippen molar-refractivity contribution in [3.8, 4) is 0 Å². The molecule has 0 unspecified atom stereocenters. The Morgan fingerprint density at radius 2 is 1.32 bits per heavy atom. The summed E-state index contributed by atoms with van der Waals surface area (Å²) in [6.45, 7) is 6.67. The van der Waals surface area contributed by atoms with Crippen LogP contribution in [0.25, 0.3) is 0 Å². The highest BCUT2D eigenvalue weighted by molar-refractivity contribution is 4.65. The van der Waals surface area contributed by atoms with Crippen LogP contribution in [0.1, 0.15) is 33.1 Å². The molecule has 4 heteroatoms. The molecule has 0 amide bonds. The molecule has 0 N–H and O–H groups in total. The average molecular weight is 264 g/mol. The first kappa shape index (κ1) is 15.5. The van der Waals surface area contributed by atoms with Gasteiger partial charge in [0.2, 0.25) is 12.7 Å². The number of hydrogen-bond donors (Lipinski definition) is 0. The van der Waals surface area contributed by atoms with Gasteiger partial charge in [-0.15, -0.1) is 0 Å². The van der Waals surface area contributed by atoms with E-state index in [1.807, 2.05) is 14.1 Å². The quantitative estimate of drug-likeness (QED) is 0.733. The summed E-state index contributed by atoms with van der Waals surface area (Å²) in [6, 6.07) is 0. The molecule has 2 aromatic heterocycles. The molecule has 0 radical (unpaired) electrons. The molecular formula is C15H28N4+2. The standard InChI is InChI=1S/C8H15N2.C7H13N2/c1-3-4-5-10-7-6-9(2)8-10;1-3-4-9-6-5-8(2)7-9/h6-8H,3-5H2,1-2H3;5-7H,3-4H2,1-2H3/q2*+1. The monoisotopic (exact) mass is 264 g/mol. The van der Waals surface area contributed by atoms with Gasteiger partial charge in [0.05, 0.1) is 27.2 Å². The molecule has 19 heavy (non-hydrogen) atoms. The summed E-state index contributed by atoms with van der Waals surface area (Å²) >= 11 is 0. The maximum Gasteiger partial charge on any atom is 0.243 e. The summed E-state index contributed by atoms with van der Waals surface area (Å²) < 4.78 is 8.51. The van der Waals surface area contributed by atoms with E-state index in [0.29, 0.717) is 0 Å². The highest BCUT2D eigenvalue weighted by Crippen LogP contribution is 1.91. The largest absolute Gasteiger partial charge is 0.243 e. The lowest BCUT2D eigenvalue weighted by molar-refractivity contribution is -0.671. The lowest BCUT2D eigenvalue weighted by atomic mass is 10.3. The van der Waals surface area contributed by atoms with Gasteiger partial charge in [0.15, 0.2) is 0 Å². The first-order valence-corrected chi connectivity index (χ1v) is 7.17. The van der Waals surface area contributed by atoms with Gasteiger partial charge >= 0.3 is 0 Å². The van der Waals surface area contributed by atoms with Gasteiger partial charge in [0.25, 0.3) is 0 Å². The smallest absolute Gasteiger partial charge is 0.240 e. The van der Waals surface area contributed by atoms with E-state index in [9.17, 15) is 0 Å². The molecule has 2 rings (SSSR count). The Labute approximate surface area is 116 Å². The van der Waals surface area contributed by atoms with E-state index in [0.717, 1.165) is 13.1 Å². The summed E-state index contributed by atoms with van der Waals surface area (Å²) in [6.07, 6.45) is 16.2. The SMILES string of the molecule is CCCCn1cc[n+](C)c1.CCCn1cc[n+](C)c1. The molecular weight excluding hydrogens is 236 g/mol. The molecule has 0 bridgehead atoms. The number of aryl methyl sites for hydroxylation is 4. The maximum absolute atomic E-state index is 2.21. The van der Waals surface area contributed by atoms with E-state index in [1.165, 1.54) is 19.3 Å². The number of imidazole rings is 2. The molecule has 0 saturated carbocycles. The summed E-state index contributed by atoms with van der Waals surface area (Å²) in [5.41, 5.74) is 0. The normalized spacial score (nSPS) is 10.1. The third-order valence-electron chi connectivity index (χ3n) is 2.90. The van der Waals surface area contributed by atoms with Crippen molar-refractivity contribution in [1.29, 1.82) is 0 Å². The zero-order chi connectivity index (χ0) is 14.1. The fourth-order valence-corrected chi connectivity index (χ4v) is 1.87. The molecule has 106 valence electrons. The Hall–Kier alpha value is -1.58. The Balaban J connectivity index is 0.000000191. The molecule has 0 atom stereocenters. The van der Waals surface area contributed by atoms with Crippen LogP contribution in [0.3, 0.4) is 0 Å². The van der Waals surface area contributed by atoms with Crippen molar-refractivity contribution in [1.82, 2.24) is 9.13 Å². The fraction of sp³-hybridized carbons (Fsp3) is 0.600. The van der Waals surface area contributed by atoms with Crippen LogP contribution in [0.4, 0.5) is 0 Å². The van der Waals surface area contributed by atoms with Crippen LogP contribution in [0, 0.1) is 0 Å². The highest BCUT2D eigenvalue weighted by Gasteiger charge is 1.96. The van der Waals surface area contributed by atoms with Crippen molar-refractivity contribution in [3.63, 3.8) is 0 Å². The van der Waals surface area contributed by atoms with E-state index < -0.39 is 0 Å². The number of unbranched alkanes of at least 4 members (excludes halogenated alkanes) is 1. The molecule has 0 aromatic carbocycles. The molecule has 2 heterocycles. The topological polar surface area (TPSA) is 17.6 Å². The van der Waals surface area contributed by atoms with Crippen LogP contribution < -0.4 is 9.13 Å². The van der Waals surface area contributed by atoms with E-state index in [1.54, 1.807) is 0 Å². The summed E-state index contributed by atoms with van der Waals surface area (Å²) in [4.78, 5) is 0. The minimum Gasteiger partial charge on any atom is -0.240 e. The molecule has 0 aliphatic heterocycles. The Morgan fingerprint density at radius 3 is 1.68 bits per heavy atom. The Kier molecular flexibility index (Phi) is 6.93. The van der Waals surface area contributed by atoms with E-state index in [2.05, 4.69) is 69.6 Å². The second-order valence-electron chi connectivity index (χ2n) is 4.99. The number of rotatable bonds is 5. The lowest BCUT2D eigenvalue weighted by Gasteiger charge is -1.90. The highest BCUT2D eigenvalue weighted by atomic mass is 15.1. The lowest BCUT2D eigenvalue weighted by Crippen LogP contribution is -2.23. The van der Waals surface area contributed by atoms with Gasteiger partial charge in [-0.3, -0.25) is 0 Å². The van der Waals surface area contributed by atoms with Crippen LogP contribution in [-0.2, 0) is 27.2 Å². The molecule has 0 saturated heterocycles. The zero-order valence-electron chi connectivity index (χ0n) is 12.8. The van der Waals surface area contributed by atoms with Gasteiger partial charge < -0.3 is 0 Å². The molecule has 4 nitrogen and oxygen atoms in total. The van der Waals surface area contributed by atoms with Crippen molar-refractivity contribution in [2.45, 2.75) is 46.2 Å². The first-order chi connectivity index (χ1) is 9.15. The van der Waals surface area contributed by atoms with Gasteiger partial charge in [0, 0.05) is 0 Å². The summed E-state index contributed by atoms with van der Waals surface area (Å²) in [7, 11) is 4.08. The second kappa shape index (κ2) is 8.51. The van der Waals surface area contributed by atoms with Crippen molar-refractivity contribution >= 4 is 0 Å². The maximum atomic E-state index is 2.21. The predicted octanol–water partition coefficient (Wildman–Crippen LogP) is 1.84. The minimum atomic E-state index is 1.13. The molecule has 0 fully saturated rings. The van der Waals surface area contributed by atoms with Crippen LogP contribution in [0.15, 0.2) is 37.4 Å². The zero-order valence-corrected chi connectivity index (χ0v) is 12.8. The number of nitrogens with zero attached hydrogens (tertiary/aromatic N) is 4. The molecule has 2 aromatic rings. The van der Waals surface area contributed by atoms with Crippen LogP contribution in [0.5, 0.6) is 0 Å². The third-order valence-corrected chi connectivity index (χ3v) is 2.90. The minimum absolute atomic E-state index is 1.13. The first-order valence-electron chi connectivity index (χ1n) is 7.17.